The second-order valence-corrected chi connectivity index (χ2v) is 6.38. The fourth-order valence-electron chi connectivity index (χ4n) is 2.61. The summed E-state index contributed by atoms with van der Waals surface area (Å²) in [5, 5.41) is 10.8. The van der Waals surface area contributed by atoms with Crippen molar-refractivity contribution < 1.29 is 5.11 Å². The van der Waals surface area contributed by atoms with Gasteiger partial charge >= 0.3 is 0 Å². The molecule has 1 aliphatic carbocycles. The molecule has 0 aliphatic heterocycles. The SMILES string of the molecule is CN(C)c1ccc(C=C(CO)C2CCCCC2)s1. The second kappa shape index (κ2) is 6.39. The third-order valence-corrected chi connectivity index (χ3v) is 4.89. The van der Waals surface area contributed by atoms with E-state index in [-0.39, 0.29) is 6.61 Å². The summed E-state index contributed by atoms with van der Waals surface area (Å²) in [6.45, 7) is 0.208. The first-order chi connectivity index (χ1) is 8.70. The average molecular weight is 265 g/mol. The zero-order chi connectivity index (χ0) is 13.0. The van der Waals surface area contributed by atoms with Crippen LogP contribution in [-0.4, -0.2) is 25.8 Å². The summed E-state index contributed by atoms with van der Waals surface area (Å²) in [6.07, 6.45) is 8.69. The van der Waals surface area contributed by atoms with Crippen molar-refractivity contribution in [1.29, 1.82) is 0 Å². The minimum atomic E-state index is 0.208. The Kier molecular flexibility index (Phi) is 4.84. The van der Waals surface area contributed by atoms with E-state index in [1.54, 1.807) is 11.3 Å². The third-order valence-electron chi connectivity index (χ3n) is 3.69. The van der Waals surface area contributed by atoms with Gasteiger partial charge in [0.15, 0.2) is 0 Å². The maximum atomic E-state index is 9.58. The van der Waals surface area contributed by atoms with Gasteiger partial charge in [-0.1, -0.05) is 19.3 Å². The van der Waals surface area contributed by atoms with Crippen LogP contribution >= 0.6 is 11.3 Å². The highest BCUT2D eigenvalue weighted by Gasteiger charge is 2.17. The topological polar surface area (TPSA) is 23.5 Å². The molecule has 0 atom stereocenters. The van der Waals surface area contributed by atoms with Crippen LogP contribution in [0.5, 0.6) is 0 Å². The van der Waals surface area contributed by atoms with E-state index in [9.17, 15) is 5.11 Å². The lowest BCUT2D eigenvalue weighted by molar-refractivity contribution is 0.295. The third kappa shape index (κ3) is 3.36. The largest absolute Gasteiger partial charge is 0.392 e. The molecule has 0 bridgehead atoms. The van der Waals surface area contributed by atoms with Crippen molar-refractivity contribution in [2.24, 2.45) is 5.92 Å². The van der Waals surface area contributed by atoms with E-state index in [0.717, 1.165) is 0 Å². The lowest BCUT2D eigenvalue weighted by Crippen LogP contribution is -2.11. The highest BCUT2D eigenvalue weighted by Crippen LogP contribution is 2.32. The number of nitrogens with zero attached hydrogens (tertiary/aromatic N) is 1. The molecule has 100 valence electrons. The van der Waals surface area contributed by atoms with Gasteiger partial charge in [-0.25, -0.2) is 0 Å². The zero-order valence-corrected chi connectivity index (χ0v) is 12.2. The highest BCUT2D eigenvalue weighted by molar-refractivity contribution is 7.16. The molecule has 0 spiro atoms. The second-order valence-electron chi connectivity index (χ2n) is 5.28. The number of aliphatic hydroxyl groups is 1. The molecule has 0 unspecified atom stereocenters. The van der Waals surface area contributed by atoms with Crippen LogP contribution in [0.25, 0.3) is 6.08 Å². The van der Waals surface area contributed by atoms with Crippen LogP contribution in [0, 0.1) is 5.92 Å². The molecular formula is C15H23NOS. The number of thiophene rings is 1. The molecule has 0 amide bonds. The molecule has 1 aromatic heterocycles. The van der Waals surface area contributed by atoms with Gasteiger partial charge in [-0.2, -0.15) is 0 Å². The first-order valence-corrected chi connectivity index (χ1v) is 7.61. The Hall–Kier alpha value is -0.800. The summed E-state index contributed by atoms with van der Waals surface area (Å²) in [6, 6.07) is 4.30. The van der Waals surface area contributed by atoms with E-state index in [4.69, 9.17) is 0 Å². The number of anilines is 1. The molecule has 3 heteroatoms. The Morgan fingerprint density at radius 1 is 1.33 bits per heavy atom. The van der Waals surface area contributed by atoms with Gasteiger partial charge in [0.05, 0.1) is 11.6 Å². The van der Waals surface area contributed by atoms with Crippen molar-refractivity contribution in [1.82, 2.24) is 0 Å². The smallest absolute Gasteiger partial charge is 0.0909 e. The monoisotopic (exact) mass is 265 g/mol. The van der Waals surface area contributed by atoms with E-state index in [1.807, 2.05) is 0 Å². The van der Waals surface area contributed by atoms with E-state index in [1.165, 1.54) is 47.6 Å². The average Bonchev–Trinajstić information content (AvgIpc) is 2.86. The first-order valence-electron chi connectivity index (χ1n) is 6.79. The fourth-order valence-corrected chi connectivity index (χ4v) is 3.52. The summed E-state index contributed by atoms with van der Waals surface area (Å²) in [5.41, 5.74) is 1.22. The van der Waals surface area contributed by atoms with Crippen molar-refractivity contribution in [3.05, 3.63) is 22.6 Å². The minimum absolute atomic E-state index is 0.208. The molecule has 1 heterocycles. The van der Waals surface area contributed by atoms with Crippen molar-refractivity contribution in [2.45, 2.75) is 32.1 Å². The van der Waals surface area contributed by atoms with Gasteiger partial charge in [0.25, 0.3) is 0 Å². The number of hydrogen-bond acceptors (Lipinski definition) is 3. The standard InChI is InChI=1S/C15H23NOS/c1-16(2)15-9-8-14(18-15)10-13(11-17)12-6-4-3-5-7-12/h8-10,12,17H,3-7,11H2,1-2H3. The van der Waals surface area contributed by atoms with Gasteiger partial charge in [0.2, 0.25) is 0 Å². The van der Waals surface area contributed by atoms with E-state index in [0.29, 0.717) is 5.92 Å². The van der Waals surface area contributed by atoms with Gasteiger partial charge in [0.1, 0.15) is 0 Å². The molecular weight excluding hydrogens is 242 g/mol. The van der Waals surface area contributed by atoms with Crippen molar-refractivity contribution in [3.63, 3.8) is 0 Å². The first kappa shape index (κ1) is 13.6. The Morgan fingerprint density at radius 2 is 2.06 bits per heavy atom. The normalized spacial score (nSPS) is 18.1. The van der Waals surface area contributed by atoms with Gasteiger partial charge in [-0.3, -0.25) is 0 Å². The summed E-state index contributed by atoms with van der Waals surface area (Å²) in [4.78, 5) is 3.38. The molecule has 0 radical (unpaired) electrons. The molecule has 1 N–H and O–H groups in total. The van der Waals surface area contributed by atoms with Crippen LogP contribution in [0.4, 0.5) is 5.00 Å². The van der Waals surface area contributed by atoms with Crippen molar-refractivity contribution in [2.75, 3.05) is 25.6 Å². The predicted octanol–water partition coefficient (Wildman–Crippen LogP) is 3.77. The van der Waals surface area contributed by atoms with E-state index in [2.05, 4.69) is 37.2 Å². The maximum absolute atomic E-state index is 9.58. The highest BCUT2D eigenvalue weighted by atomic mass is 32.1. The molecule has 1 aromatic rings. The zero-order valence-electron chi connectivity index (χ0n) is 11.4. The van der Waals surface area contributed by atoms with Crippen LogP contribution in [0.1, 0.15) is 37.0 Å². The van der Waals surface area contributed by atoms with Gasteiger partial charge in [-0.15, -0.1) is 11.3 Å². The van der Waals surface area contributed by atoms with Gasteiger partial charge in [0, 0.05) is 19.0 Å². The van der Waals surface area contributed by atoms with Crippen LogP contribution in [0.2, 0.25) is 0 Å². The van der Waals surface area contributed by atoms with Crippen LogP contribution in [-0.2, 0) is 0 Å². The Balaban J connectivity index is 2.11. The van der Waals surface area contributed by atoms with Gasteiger partial charge in [-0.05, 0) is 42.5 Å². The lowest BCUT2D eigenvalue weighted by Gasteiger charge is -2.23. The quantitative estimate of drug-likeness (QED) is 0.896. The summed E-state index contributed by atoms with van der Waals surface area (Å²) >= 11 is 1.79. The Morgan fingerprint density at radius 3 is 2.61 bits per heavy atom. The van der Waals surface area contributed by atoms with Crippen LogP contribution in [0.3, 0.4) is 0 Å². The Bertz CT molecular complexity index is 402. The van der Waals surface area contributed by atoms with Crippen molar-refractivity contribution >= 4 is 22.4 Å². The molecule has 1 aliphatic rings. The van der Waals surface area contributed by atoms with E-state index >= 15 is 0 Å². The maximum Gasteiger partial charge on any atom is 0.0909 e. The molecule has 18 heavy (non-hydrogen) atoms. The predicted molar refractivity (Wildman–Crippen MR) is 80.3 cm³/mol. The molecule has 1 fully saturated rings. The fraction of sp³-hybridized carbons (Fsp3) is 0.600. The van der Waals surface area contributed by atoms with Gasteiger partial charge < -0.3 is 10.0 Å². The van der Waals surface area contributed by atoms with Crippen LogP contribution in [0.15, 0.2) is 17.7 Å². The number of rotatable bonds is 4. The summed E-state index contributed by atoms with van der Waals surface area (Å²) in [7, 11) is 4.13. The molecule has 2 rings (SSSR count). The lowest BCUT2D eigenvalue weighted by atomic mass is 9.84. The molecule has 1 saturated carbocycles. The van der Waals surface area contributed by atoms with Crippen molar-refractivity contribution in [3.8, 4) is 0 Å². The summed E-state index contributed by atoms with van der Waals surface area (Å²) < 4.78 is 0. The number of hydrogen-bond donors (Lipinski definition) is 1. The molecule has 2 nitrogen and oxygen atoms in total. The summed E-state index contributed by atoms with van der Waals surface area (Å²) in [5.74, 6) is 0.605. The van der Waals surface area contributed by atoms with Crippen LogP contribution < -0.4 is 4.90 Å². The Labute approximate surface area is 114 Å². The number of aliphatic hydroxyl groups excluding tert-OH is 1. The molecule has 0 aromatic carbocycles. The van der Waals surface area contributed by atoms with E-state index < -0.39 is 0 Å². The minimum Gasteiger partial charge on any atom is -0.392 e. The molecule has 0 saturated heterocycles.